The van der Waals surface area contributed by atoms with Crippen LogP contribution in [-0.2, 0) is 0 Å². The highest BCUT2D eigenvalue weighted by Crippen LogP contribution is 2.51. The van der Waals surface area contributed by atoms with Gasteiger partial charge in [-0.15, -0.1) is 11.3 Å². The van der Waals surface area contributed by atoms with Gasteiger partial charge in [0.25, 0.3) is 0 Å². The standard InChI is InChI=1S/C65H40N2S/c1-39-42(40-32-34-54-49-20-5-4-18-47(49)45-16-2-3-17-46(45)48-19-6-8-23-52(48)59(54)36-40)27-14-28-43(39)61-38-66-63-57-35-33-41(44-29-15-30-58-55-25-12-13-31-62(55)68-65(44)58)37-60(57)53-24-9-7-21-50(53)51-22-10-11-26-56(51)64(63)67-61/h2-38H,1H3/i1D3. The van der Waals surface area contributed by atoms with Crippen molar-refractivity contribution in [2.45, 2.75) is 6.85 Å². The summed E-state index contributed by atoms with van der Waals surface area (Å²) in [5.74, 6) is 0. The van der Waals surface area contributed by atoms with Gasteiger partial charge in [-0.2, -0.15) is 0 Å². The molecule has 0 N–H and O–H groups in total. The Balaban J connectivity index is 0.960. The van der Waals surface area contributed by atoms with Gasteiger partial charge >= 0.3 is 0 Å². The molecule has 0 unspecified atom stereocenters. The Labute approximate surface area is 403 Å². The van der Waals surface area contributed by atoms with Crippen LogP contribution in [0.2, 0.25) is 0 Å². The van der Waals surface area contributed by atoms with Gasteiger partial charge in [0.1, 0.15) is 0 Å². The Morgan fingerprint density at radius 1 is 0.338 bits per heavy atom. The highest BCUT2D eigenvalue weighted by molar-refractivity contribution is 7.26. The molecule has 2 aliphatic carbocycles. The first kappa shape index (κ1) is 35.7. The average molecular weight is 884 g/mol. The van der Waals surface area contributed by atoms with Crippen LogP contribution in [0.5, 0.6) is 0 Å². The number of hydrogen-bond acceptors (Lipinski definition) is 3. The normalized spacial score (nSPS) is 12.7. The molecule has 10 aromatic carbocycles. The van der Waals surface area contributed by atoms with Crippen molar-refractivity contribution >= 4 is 31.5 Å². The van der Waals surface area contributed by atoms with Crippen LogP contribution in [0.25, 0.3) is 143 Å². The molecule has 0 saturated carbocycles. The van der Waals surface area contributed by atoms with E-state index >= 15 is 0 Å². The van der Waals surface area contributed by atoms with Crippen molar-refractivity contribution in [1.29, 1.82) is 0 Å². The van der Waals surface area contributed by atoms with Crippen LogP contribution in [0.1, 0.15) is 9.68 Å². The van der Waals surface area contributed by atoms with Crippen LogP contribution in [-0.4, -0.2) is 9.97 Å². The second-order valence-electron chi connectivity index (χ2n) is 17.7. The molecule has 0 spiro atoms. The molecule has 316 valence electrons. The molecule has 3 heteroatoms. The fraction of sp³-hybridized carbons (Fsp3) is 0.0154. The summed E-state index contributed by atoms with van der Waals surface area (Å²) in [7, 11) is 0. The van der Waals surface area contributed by atoms with E-state index < -0.39 is 6.85 Å². The molecular formula is C65H40N2S. The Morgan fingerprint density at radius 2 is 0.750 bits per heavy atom. The van der Waals surface area contributed by atoms with E-state index in [0.29, 0.717) is 22.5 Å². The van der Waals surface area contributed by atoms with E-state index in [1.807, 2.05) is 35.6 Å². The lowest BCUT2D eigenvalue weighted by Gasteiger charge is -2.24. The highest BCUT2D eigenvalue weighted by atomic mass is 32.1. The zero-order chi connectivity index (χ0) is 47.4. The quantitative estimate of drug-likeness (QED) is 0.177. The summed E-state index contributed by atoms with van der Waals surface area (Å²) in [5, 5.41) is 2.53. The van der Waals surface area contributed by atoms with Gasteiger partial charge in [-0.25, -0.2) is 4.98 Å². The van der Waals surface area contributed by atoms with Crippen molar-refractivity contribution < 1.29 is 4.11 Å². The molecule has 2 aliphatic rings. The van der Waals surface area contributed by atoms with Gasteiger partial charge in [-0.1, -0.05) is 200 Å². The minimum atomic E-state index is -2.50. The highest BCUT2D eigenvalue weighted by Gasteiger charge is 2.27. The molecule has 2 nitrogen and oxygen atoms in total. The molecule has 68 heavy (non-hydrogen) atoms. The van der Waals surface area contributed by atoms with Crippen LogP contribution in [0.3, 0.4) is 0 Å². The maximum atomic E-state index is 9.21. The van der Waals surface area contributed by atoms with E-state index in [1.165, 1.54) is 31.3 Å². The average Bonchev–Trinajstić information content (AvgIpc) is 3.81. The molecule has 0 saturated heterocycles. The van der Waals surface area contributed by atoms with Crippen molar-refractivity contribution in [3.63, 3.8) is 0 Å². The van der Waals surface area contributed by atoms with Crippen LogP contribution < -0.4 is 0 Å². The predicted molar refractivity (Wildman–Crippen MR) is 287 cm³/mol. The largest absolute Gasteiger partial charge is 0.252 e. The third-order valence-corrected chi connectivity index (χ3v) is 15.3. The first-order valence-corrected chi connectivity index (χ1v) is 23.9. The number of aromatic nitrogens is 2. The van der Waals surface area contributed by atoms with E-state index in [0.717, 1.165) is 89.1 Å². The van der Waals surface area contributed by atoms with E-state index in [-0.39, 0.29) is 5.56 Å². The summed E-state index contributed by atoms with van der Waals surface area (Å²) in [6.07, 6.45) is 1.77. The lowest BCUT2D eigenvalue weighted by Crippen LogP contribution is -2.03. The topological polar surface area (TPSA) is 25.8 Å². The Hall–Kier alpha value is -8.50. The summed E-state index contributed by atoms with van der Waals surface area (Å²) >= 11 is 1.83. The Bertz CT molecular complexity index is 4180. The van der Waals surface area contributed by atoms with Crippen LogP contribution in [0, 0.1) is 6.85 Å². The van der Waals surface area contributed by atoms with Crippen molar-refractivity contribution in [2.24, 2.45) is 0 Å². The number of hydrogen-bond donors (Lipinski definition) is 0. The summed E-state index contributed by atoms with van der Waals surface area (Å²) in [4.78, 5) is 10.8. The van der Waals surface area contributed by atoms with Gasteiger partial charge < -0.3 is 0 Å². The molecule has 0 amide bonds. The van der Waals surface area contributed by atoms with Gasteiger partial charge in [-0.3, -0.25) is 4.98 Å². The maximum absolute atomic E-state index is 9.21. The number of nitrogens with zero attached hydrogens (tertiary/aromatic N) is 2. The molecule has 2 aromatic heterocycles. The Morgan fingerprint density at radius 3 is 1.37 bits per heavy atom. The molecule has 0 radical (unpaired) electrons. The molecule has 0 aliphatic heterocycles. The smallest absolute Gasteiger partial charge is 0.0979 e. The molecule has 0 atom stereocenters. The van der Waals surface area contributed by atoms with Crippen molar-refractivity contribution in [3.8, 4) is 123 Å². The second-order valence-corrected chi connectivity index (χ2v) is 18.8. The summed E-state index contributed by atoms with van der Waals surface area (Å²) in [6.45, 7) is -2.50. The fourth-order valence-electron chi connectivity index (χ4n) is 10.9. The first-order valence-electron chi connectivity index (χ1n) is 24.6. The van der Waals surface area contributed by atoms with E-state index in [2.05, 4.69) is 194 Å². The lowest BCUT2D eigenvalue weighted by atomic mass is 9.80. The van der Waals surface area contributed by atoms with Gasteiger partial charge in [0.15, 0.2) is 0 Å². The molecule has 14 rings (SSSR count). The lowest BCUT2D eigenvalue weighted by molar-refractivity contribution is 1.20. The van der Waals surface area contributed by atoms with Gasteiger partial charge in [0, 0.05) is 41.0 Å². The maximum Gasteiger partial charge on any atom is 0.0979 e. The van der Waals surface area contributed by atoms with Crippen molar-refractivity contribution in [3.05, 3.63) is 230 Å². The van der Waals surface area contributed by atoms with Crippen molar-refractivity contribution in [1.82, 2.24) is 9.97 Å². The number of fused-ring (bicyclic) bond motifs is 19. The molecule has 0 fully saturated rings. The monoisotopic (exact) mass is 883 g/mol. The SMILES string of the molecule is [2H]C([2H])([2H])c1c(-c2ccc3c(c2)-c2ccccc2-c2ccccc2-c2ccccc2-3)cccc1-c1cnc2c(n1)-c1ccccc1-c1ccccc1-c1cc(-c3cccc4c3sc3ccccc34)ccc1-2. The molecule has 0 bridgehead atoms. The van der Waals surface area contributed by atoms with E-state index in [9.17, 15) is 4.11 Å². The summed E-state index contributed by atoms with van der Waals surface area (Å²) in [6, 6.07) is 76.8. The predicted octanol–water partition coefficient (Wildman–Crippen LogP) is 18.1. The Kier molecular flexibility index (Phi) is 8.03. The van der Waals surface area contributed by atoms with E-state index in [4.69, 9.17) is 9.97 Å². The zero-order valence-corrected chi connectivity index (χ0v) is 37.5. The molecular weight excluding hydrogens is 841 g/mol. The third kappa shape index (κ3) is 5.89. The minimum Gasteiger partial charge on any atom is -0.252 e. The zero-order valence-electron chi connectivity index (χ0n) is 39.7. The third-order valence-electron chi connectivity index (χ3n) is 14.1. The van der Waals surface area contributed by atoms with Crippen LogP contribution in [0.15, 0.2) is 225 Å². The van der Waals surface area contributed by atoms with Crippen LogP contribution >= 0.6 is 11.3 Å². The van der Waals surface area contributed by atoms with Gasteiger partial charge in [0.2, 0.25) is 0 Å². The van der Waals surface area contributed by atoms with Crippen molar-refractivity contribution in [2.75, 3.05) is 0 Å². The number of thiophene rings is 1. The second kappa shape index (κ2) is 15.3. The first-order chi connectivity index (χ1) is 34.9. The number of benzene rings is 10. The van der Waals surface area contributed by atoms with Gasteiger partial charge in [-0.05, 0) is 120 Å². The van der Waals surface area contributed by atoms with E-state index in [1.54, 1.807) is 6.20 Å². The molecule has 2 heterocycles. The summed E-state index contributed by atoms with van der Waals surface area (Å²) in [5.41, 5.74) is 21.7. The summed E-state index contributed by atoms with van der Waals surface area (Å²) < 4.78 is 30.2. The van der Waals surface area contributed by atoms with Crippen LogP contribution in [0.4, 0.5) is 0 Å². The minimum absolute atomic E-state index is 0.240. The molecule has 12 aromatic rings. The van der Waals surface area contributed by atoms with Gasteiger partial charge in [0.05, 0.1) is 23.3 Å². The number of rotatable bonds is 3. The fourth-order valence-corrected chi connectivity index (χ4v) is 12.2.